The zero-order chi connectivity index (χ0) is 17.1. The molecule has 0 atom stereocenters. The molecule has 0 bridgehead atoms. The van der Waals surface area contributed by atoms with Crippen molar-refractivity contribution in [3.05, 3.63) is 24.2 Å². The molecule has 0 saturated heterocycles. The Balaban J connectivity index is 2.19. The van der Waals surface area contributed by atoms with Gasteiger partial charge in [-0.15, -0.1) is 0 Å². The Morgan fingerprint density at radius 2 is 2.00 bits per heavy atom. The van der Waals surface area contributed by atoms with Crippen molar-refractivity contribution in [3.8, 4) is 0 Å². The second-order valence-electron chi connectivity index (χ2n) is 6.35. The highest BCUT2D eigenvalue weighted by Gasteiger charge is 2.50. The molecule has 1 heterocycles. The number of furan rings is 1. The smallest absolute Gasteiger partial charge is 0.364 e. The second-order valence-corrected chi connectivity index (χ2v) is 6.35. The molecule has 7 heteroatoms. The van der Waals surface area contributed by atoms with Gasteiger partial charge in [-0.2, -0.15) is 0 Å². The highest BCUT2D eigenvalue weighted by atomic mass is 16.7. The fourth-order valence-corrected chi connectivity index (χ4v) is 2.03. The minimum absolute atomic E-state index is 0.132. The van der Waals surface area contributed by atoms with Crippen LogP contribution in [-0.2, 0) is 23.9 Å². The third-order valence-electron chi connectivity index (χ3n) is 3.38. The van der Waals surface area contributed by atoms with Crippen LogP contribution >= 0.6 is 0 Å². The molecule has 0 aliphatic heterocycles. The van der Waals surface area contributed by atoms with E-state index in [0.29, 0.717) is 12.8 Å². The predicted molar refractivity (Wildman–Crippen MR) is 80.8 cm³/mol. The molecular formula is C16H21NO6. The molecule has 7 nitrogen and oxygen atoms in total. The molecule has 126 valence electrons. The van der Waals surface area contributed by atoms with E-state index in [1.54, 1.807) is 32.9 Å². The zero-order valence-corrected chi connectivity index (χ0v) is 13.8. The number of nitrogens with zero attached hydrogens (tertiary/aromatic N) is 1. The SMILES string of the molecule is COC(=O)/C(=N/OC1(C(=O)OC(C)(C)C)CCC1)c1ccco1. The van der Waals surface area contributed by atoms with Crippen LogP contribution in [0.15, 0.2) is 28.0 Å². The molecule has 0 N–H and O–H groups in total. The van der Waals surface area contributed by atoms with Crippen molar-refractivity contribution < 1.29 is 28.3 Å². The molecule has 0 amide bonds. The Morgan fingerprint density at radius 1 is 1.30 bits per heavy atom. The third-order valence-corrected chi connectivity index (χ3v) is 3.38. The normalized spacial score (nSPS) is 17.1. The maximum Gasteiger partial charge on any atom is 0.364 e. The Kier molecular flexibility index (Phi) is 4.77. The minimum Gasteiger partial charge on any atom is -0.464 e. The molecule has 1 saturated carbocycles. The quantitative estimate of drug-likeness (QED) is 0.470. The molecule has 0 spiro atoms. The summed E-state index contributed by atoms with van der Waals surface area (Å²) in [5, 5.41) is 3.83. The van der Waals surface area contributed by atoms with Crippen molar-refractivity contribution in [2.75, 3.05) is 7.11 Å². The van der Waals surface area contributed by atoms with E-state index in [0.717, 1.165) is 6.42 Å². The van der Waals surface area contributed by atoms with E-state index in [9.17, 15) is 9.59 Å². The predicted octanol–water partition coefficient (Wildman–Crippen LogP) is 2.44. The lowest BCUT2D eigenvalue weighted by molar-refractivity contribution is -0.196. The van der Waals surface area contributed by atoms with Crippen molar-refractivity contribution in [1.29, 1.82) is 0 Å². The van der Waals surface area contributed by atoms with Gasteiger partial charge in [-0.25, -0.2) is 9.59 Å². The molecule has 1 aliphatic rings. The van der Waals surface area contributed by atoms with E-state index < -0.39 is 23.1 Å². The lowest BCUT2D eigenvalue weighted by Crippen LogP contribution is -2.50. The monoisotopic (exact) mass is 323 g/mol. The average molecular weight is 323 g/mol. The summed E-state index contributed by atoms with van der Waals surface area (Å²) in [6.07, 6.45) is 3.19. The maximum atomic E-state index is 12.3. The maximum absolute atomic E-state index is 12.3. The number of hydrogen-bond donors (Lipinski definition) is 0. The van der Waals surface area contributed by atoms with Gasteiger partial charge in [0.05, 0.1) is 13.4 Å². The summed E-state index contributed by atoms with van der Waals surface area (Å²) >= 11 is 0. The fraction of sp³-hybridized carbons (Fsp3) is 0.562. The molecule has 23 heavy (non-hydrogen) atoms. The fourth-order valence-electron chi connectivity index (χ4n) is 2.03. The van der Waals surface area contributed by atoms with Gasteiger partial charge in [-0.1, -0.05) is 5.16 Å². The number of rotatable bonds is 5. The summed E-state index contributed by atoms with van der Waals surface area (Å²) in [7, 11) is 1.23. The van der Waals surface area contributed by atoms with Crippen molar-refractivity contribution in [2.45, 2.75) is 51.2 Å². The van der Waals surface area contributed by atoms with Crippen LogP contribution in [0, 0.1) is 0 Å². The number of methoxy groups -OCH3 is 1. The molecule has 1 aromatic rings. The van der Waals surface area contributed by atoms with Crippen molar-refractivity contribution in [1.82, 2.24) is 0 Å². The highest BCUT2D eigenvalue weighted by Crippen LogP contribution is 2.38. The van der Waals surface area contributed by atoms with Crippen LogP contribution in [0.5, 0.6) is 0 Å². The number of ether oxygens (including phenoxy) is 2. The van der Waals surface area contributed by atoms with Gasteiger partial charge >= 0.3 is 11.9 Å². The number of oxime groups is 1. The van der Waals surface area contributed by atoms with Gasteiger partial charge in [-0.3, -0.25) is 0 Å². The van der Waals surface area contributed by atoms with E-state index in [1.165, 1.54) is 13.4 Å². The van der Waals surface area contributed by atoms with E-state index in [2.05, 4.69) is 9.89 Å². The van der Waals surface area contributed by atoms with Crippen LogP contribution in [0.3, 0.4) is 0 Å². The van der Waals surface area contributed by atoms with E-state index in [-0.39, 0.29) is 11.5 Å². The summed E-state index contributed by atoms with van der Waals surface area (Å²) in [5.74, 6) is -0.988. The van der Waals surface area contributed by atoms with Gasteiger partial charge < -0.3 is 18.7 Å². The van der Waals surface area contributed by atoms with E-state index >= 15 is 0 Å². The van der Waals surface area contributed by atoms with E-state index in [1.807, 2.05) is 0 Å². The Bertz CT molecular complexity index is 593. The van der Waals surface area contributed by atoms with Crippen LogP contribution in [0.4, 0.5) is 0 Å². The summed E-state index contributed by atoms with van der Waals surface area (Å²) in [6, 6.07) is 3.17. The molecule has 1 aliphatic carbocycles. The first-order valence-electron chi connectivity index (χ1n) is 7.39. The lowest BCUT2D eigenvalue weighted by Gasteiger charge is -2.38. The van der Waals surface area contributed by atoms with Gasteiger partial charge in [0, 0.05) is 12.8 Å². The minimum atomic E-state index is -1.15. The molecule has 1 aromatic heterocycles. The molecule has 0 radical (unpaired) electrons. The highest BCUT2D eigenvalue weighted by molar-refractivity contribution is 6.42. The van der Waals surface area contributed by atoms with Crippen molar-refractivity contribution in [2.24, 2.45) is 5.16 Å². The Morgan fingerprint density at radius 3 is 2.43 bits per heavy atom. The number of carbonyl (C=O) groups is 2. The van der Waals surface area contributed by atoms with Crippen LogP contribution in [0.25, 0.3) is 0 Å². The zero-order valence-electron chi connectivity index (χ0n) is 13.8. The topological polar surface area (TPSA) is 87.3 Å². The summed E-state index contributed by atoms with van der Waals surface area (Å²) in [6.45, 7) is 5.34. The second kappa shape index (κ2) is 6.44. The summed E-state index contributed by atoms with van der Waals surface area (Å²) < 4.78 is 15.2. The van der Waals surface area contributed by atoms with E-state index in [4.69, 9.17) is 14.0 Å². The van der Waals surface area contributed by atoms with Gasteiger partial charge in [-0.05, 0) is 39.3 Å². The van der Waals surface area contributed by atoms with Gasteiger partial charge in [0.15, 0.2) is 5.76 Å². The largest absolute Gasteiger partial charge is 0.464 e. The molecule has 2 rings (SSSR count). The Labute approximate surface area is 134 Å². The number of esters is 2. The van der Waals surface area contributed by atoms with Crippen LogP contribution in [-0.4, -0.2) is 36.0 Å². The summed E-state index contributed by atoms with van der Waals surface area (Å²) in [5.41, 5.74) is -1.91. The average Bonchev–Trinajstić information content (AvgIpc) is 2.92. The molecular weight excluding hydrogens is 302 g/mol. The summed E-state index contributed by atoms with van der Waals surface area (Å²) in [4.78, 5) is 29.6. The standard InChI is InChI=1S/C16H21NO6/c1-15(2,3)22-14(19)16(8-6-9-16)23-17-12(13(18)20-4)11-7-5-10-21-11/h5,7,10H,6,8-9H2,1-4H3/b17-12+. The first kappa shape index (κ1) is 17.1. The molecule has 0 aromatic carbocycles. The van der Waals surface area contributed by atoms with Crippen molar-refractivity contribution >= 4 is 17.7 Å². The van der Waals surface area contributed by atoms with Crippen LogP contribution in [0.2, 0.25) is 0 Å². The number of hydrogen-bond acceptors (Lipinski definition) is 7. The first-order chi connectivity index (χ1) is 10.8. The Hall–Kier alpha value is -2.31. The van der Waals surface area contributed by atoms with Gasteiger partial charge in [0.25, 0.3) is 0 Å². The van der Waals surface area contributed by atoms with Gasteiger partial charge in [0.1, 0.15) is 5.60 Å². The molecule has 0 unspecified atom stereocenters. The number of carbonyl (C=O) groups excluding carboxylic acids is 2. The van der Waals surface area contributed by atoms with Gasteiger partial charge in [0.2, 0.25) is 11.3 Å². The molecule has 1 fully saturated rings. The first-order valence-corrected chi connectivity index (χ1v) is 7.39. The van der Waals surface area contributed by atoms with Crippen LogP contribution in [0.1, 0.15) is 45.8 Å². The van der Waals surface area contributed by atoms with Crippen LogP contribution < -0.4 is 0 Å². The lowest BCUT2D eigenvalue weighted by atomic mass is 9.80. The third kappa shape index (κ3) is 3.91. The van der Waals surface area contributed by atoms with Crippen molar-refractivity contribution in [3.63, 3.8) is 0 Å².